The standard InChI is InChI=1S/C20H19ClFN3O5/c1-20(13-6-4-11(22)8-14(13)21)18(27)25(19(28)24-20)10-17(26)23-15-9-12(29-2)5-7-16(15)30-3/h4-9H,10H2,1-3H3,(H,23,26)(H,24,28). The van der Waals surface area contributed by atoms with Gasteiger partial charge in [-0.15, -0.1) is 0 Å². The first-order valence-electron chi connectivity index (χ1n) is 8.81. The number of hydrogen-bond acceptors (Lipinski definition) is 5. The van der Waals surface area contributed by atoms with Crippen molar-refractivity contribution < 1.29 is 28.2 Å². The van der Waals surface area contributed by atoms with Crippen molar-refractivity contribution in [1.82, 2.24) is 10.2 Å². The Bertz CT molecular complexity index is 1030. The average molecular weight is 436 g/mol. The average Bonchev–Trinajstić information content (AvgIpc) is 2.91. The van der Waals surface area contributed by atoms with Crippen molar-refractivity contribution in [3.05, 3.63) is 52.8 Å². The first-order chi connectivity index (χ1) is 14.2. The lowest BCUT2D eigenvalue weighted by Gasteiger charge is -2.23. The molecular weight excluding hydrogens is 417 g/mol. The van der Waals surface area contributed by atoms with Crippen LogP contribution in [0.15, 0.2) is 36.4 Å². The Morgan fingerprint density at radius 3 is 2.57 bits per heavy atom. The van der Waals surface area contributed by atoms with Gasteiger partial charge in [0.15, 0.2) is 0 Å². The number of benzene rings is 2. The van der Waals surface area contributed by atoms with E-state index in [1.807, 2.05) is 0 Å². The summed E-state index contributed by atoms with van der Waals surface area (Å²) < 4.78 is 23.7. The van der Waals surface area contributed by atoms with Gasteiger partial charge in [-0.1, -0.05) is 17.7 Å². The minimum absolute atomic E-state index is 0.0152. The number of ether oxygens (including phenoxy) is 2. The number of rotatable bonds is 6. The number of carbonyl (C=O) groups is 3. The zero-order valence-electron chi connectivity index (χ0n) is 16.4. The number of methoxy groups -OCH3 is 2. The third-order valence-electron chi connectivity index (χ3n) is 4.73. The fourth-order valence-electron chi connectivity index (χ4n) is 3.16. The molecule has 1 fully saturated rings. The third-order valence-corrected chi connectivity index (χ3v) is 5.04. The first kappa shape index (κ1) is 21.4. The normalized spacial score (nSPS) is 18.2. The summed E-state index contributed by atoms with van der Waals surface area (Å²) in [4.78, 5) is 38.7. The molecule has 8 nitrogen and oxygen atoms in total. The van der Waals surface area contributed by atoms with Crippen LogP contribution >= 0.6 is 11.6 Å². The number of urea groups is 1. The molecule has 3 rings (SSSR count). The molecule has 0 aromatic heterocycles. The minimum Gasteiger partial charge on any atom is -0.497 e. The van der Waals surface area contributed by atoms with Crippen LogP contribution in [0.2, 0.25) is 5.02 Å². The maximum absolute atomic E-state index is 13.4. The van der Waals surface area contributed by atoms with E-state index in [-0.39, 0.29) is 10.6 Å². The molecule has 158 valence electrons. The lowest BCUT2D eigenvalue weighted by Crippen LogP contribution is -2.42. The van der Waals surface area contributed by atoms with E-state index >= 15 is 0 Å². The Labute approximate surface area is 176 Å². The summed E-state index contributed by atoms with van der Waals surface area (Å²) in [5.41, 5.74) is -0.991. The maximum Gasteiger partial charge on any atom is 0.325 e. The van der Waals surface area contributed by atoms with Crippen LogP contribution in [-0.4, -0.2) is 43.5 Å². The molecule has 0 radical (unpaired) electrons. The van der Waals surface area contributed by atoms with Gasteiger partial charge in [0.05, 0.1) is 19.9 Å². The van der Waals surface area contributed by atoms with Crippen molar-refractivity contribution in [2.24, 2.45) is 0 Å². The molecule has 1 heterocycles. The fourth-order valence-corrected chi connectivity index (χ4v) is 3.52. The maximum atomic E-state index is 13.4. The largest absolute Gasteiger partial charge is 0.497 e. The second-order valence-corrected chi connectivity index (χ2v) is 7.09. The van der Waals surface area contributed by atoms with E-state index in [2.05, 4.69) is 10.6 Å². The van der Waals surface area contributed by atoms with Gasteiger partial charge in [-0.25, -0.2) is 9.18 Å². The van der Waals surface area contributed by atoms with Crippen molar-refractivity contribution in [2.45, 2.75) is 12.5 Å². The molecule has 4 amide bonds. The zero-order chi connectivity index (χ0) is 22.1. The summed E-state index contributed by atoms with van der Waals surface area (Å²) in [5, 5.41) is 5.10. The van der Waals surface area contributed by atoms with E-state index in [4.69, 9.17) is 21.1 Å². The van der Waals surface area contributed by atoms with Crippen molar-refractivity contribution >= 4 is 35.1 Å². The molecule has 2 aromatic carbocycles. The second kappa shape index (κ2) is 8.19. The lowest BCUT2D eigenvalue weighted by atomic mass is 9.92. The summed E-state index contributed by atoms with van der Waals surface area (Å²) in [6.45, 7) is 0.898. The van der Waals surface area contributed by atoms with Gasteiger partial charge in [0.2, 0.25) is 5.91 Å². The minimum atomic E-state index is -1.53. The highest BCUT2D eigenvalue weighted by Gasteiger charge is 2.50. The molecule has 30 heavy (non-hydrogen) atoms. The van der Waals surface area contributed by atoms with Crippen LogP contribution in [-0.2, 0) is 15.1 Å². The molecule has 1 aliphatic rings. The van der Waals surface area contributed by atoms with Crippen LogP contribution in [0.1, 0.15) is 12.5 Å². The van der Waals surface area contributed by atoms with E-state index < -0.39 is 35.7 Å². The fraction of sp³-hybridized carbons (Fsp3) is 0.250. The molecule has 0 spiro atoms. The van der Waals surface area contributed by atoms with E-state index in [1.54, 1.807) is 18.2 Å². The second-order valence-electron chi connectivity index (χ2n) is 6.69. The summed E-state index contributed by atoms with van der Waals surface area (Å²) in [7, 11) is 2.91. The van der Waals surface area contributed by atoms with Crippen LogP contribution in [0.5, 0.6) is 11.5 Å². The van der Waals surface area contributed by atoms with E-state index in [1.165, 1.54) is 27.2 Å². The molecule has 2 aromatic rings. The highest BCUT2D eigenvalue weighted by molar-refractivity contribution is 6.32. The molecule has 1 saturated heterocycles. The Morgan fingerprint density at radius 1 is 1.20 bits per heavy atom. The van der Waals surface area contributed by atoms with Crippen molar-refractivity contribution in [1.29, 1.82) is 0 Å². The highest BCUT2D eigenvalue weighted by atomic mass is 35.5. The number of carbonyl (C=O) groups excluding carboxylic acids is 3. The molecule has 1 atom stereocenters. The summed E-state index contributed by atoms with van der Waals surface area (Å²) in [5.74, 6) is -1.02. The Kier molecular flexibility index (Phi) is 5.84. The predicted molar refractivity (Wildman–Crippen MR) is 107 cm³/mol. The summed E-state index contributed by atoms with van der Waals surface area (Å²) >= 11 is 6.07. The molecular formula is C20H19ClFN3O5. The van der Waals surface area contributed by atoms with Crippen molar-refractivity contribution in [2.75, 3.05) is 26.1 Å². The third kappa shape index (κ3) is 3.88. The Balaban J connectivity index is 1.80. The smallest absolute Gasteiger partial charge is 0.325 e. The van der Waals surface area contributed by atoms with Gasteiger partial charge in [0.1, 0.15) is 29.4 Å². The van der Waals surface area contributed by atoms with Crippen LogP contribution < -0.4 is 20.1 Å². The van der Waals surface area contributed by atoms with Crippen molar-refractivity contribution in [3.8, 4) is 11.5 Å². The van der Waals surface area contributed by atoms with Gasteiger partial charge in [-0.05, 0) is 31.2 Å². The number of nitrogens with zero attached hydrogens (tertiary/aromatic N) is 1. The first-order valence-corrected chi connectivity index (χ1v) is 9.19. The van der Waals surface area contributed by atoms with Gasteiger partial charge in [-0.2, -0.15) is 0 Å². The van der Waals surface area contributed by atoms with Crippen LogP contribution in [0, 0.1) is 5.82 Å². The SMILES string of the molecule is COc1ccc(OC)c(NC(=O)CN2C(=O)NC(C)(c3ccc(F)cc3Cl)C2=O)c1. The van der Waals surface area contributed by atoms with Gasteiger partial charge >= 0.3 is 6.03 Å². The molecule has 0 bridgehead atoms. The predicted octanol–water partition coefficient (Wildman–Crippen LogP) is 2.90. The van der Waals surface area contributed by atoms with Gasteiger partial charge in [-0.3, -0.25) is 14.5 Å². The summed E-state index contributed by atoms with van der Waals surface area (Å²) in [6, 6.07) is 7.55. The molecule has 1 aliphatic heterocycles. The van der Waals surface area contributed by atoms with E-state index in [0.29, 0.717) is 17.2 Å². The number of halogens is 2. The van der Waals surface area contributed by atoms with Crippen LogP contribution in [0.3, 0.4) is 0 Å². The highest BCUT2D eigenvalue weighted by Crippen LogP contribution is 2.34. The topological polar surface area (TPSA) is 97.0 Å². The number of hydrogen-bond donors (Lipinski definition) is 2. The van der Waals surface area contributed by atoms with Gasteiger partial charge in [0, 0.05) is 16.7 Å². The number of amides is 4. The van der Waals surface area contributed by atoms with Gasteiger partial charge in [0.25, 0.3) is 5.91 Å². The Hall–Kier alpha value is -3.33. The quantitative estimate of drug-likeness (QED) is 0.680. The van der Waals surface area contributed by atoms with Crippen LogP contribution in [0.4, 0.5) is 14.9 Å². The number of anilines is 1. The van der Waals surface area contributed by atoms with Crippen LogP contribution in [0.25, 0.3) is 0 Å². The van der Waals surface area contributed by atoms with E-state index in [9.17, 15) is 18.8 Å². The van der Waals surface area contributed by atoms with Gasteiger partial charge < -0.3 is 20.1 Å². The number of imide groups is 1. The summed E-state index contributed by atoms with van der Waals surface area (Å²) in [6.07, 6.45) is 0. The molecule has 0 saturated carbocycles. The molecule has 0 aliphatic carbocycles. The zero-order valence-corrected chi connectivity index (χ0v) is 17.2. The lowest BCUT2D eigenvalue weighted by molar-refractivity contribution is -0.133. The monoisotopic (exact) mass is 435 g/mol. The molecule has 1 unspecified atom stereocenters. The number of nitrogens with one attached hydrogen (secondary N) is 2. The van der Waals surface area contributed by atoms with E-state index in [0.717, 1.165) is 17.0 Å². The molecule has 10 heteroatoms. The molecule has 2 N–H and O–H groups in total. The Morgan fingerprint density at radius 2 is 1.93 bits per heavy atom. The van der Waals surface area contributed by atoms with Crippen molar-refractivity contribution in [3.63, 3.8) is 0 Å².